The van der Waals surface area contributed by atoms with Crippen molar-refractivity contribution in [3.8, 4) is 5.75 Å². The fourth-order valence-corrected chi connectivity index (χ4v) is 2.36. The molecule has 0 saturated carbocycles. The number of aryl methyl sites for hydroxylation is 1. The smallest absolute Gasteiger partial charge is 0.196 e. The van der Waals surface area contributed by atoms with Crippen LogP contribution in [0.1, 0.15) is 46.8 Å². The Labute approximate surface area is 124 Å². The molecule has 2 rings (SSSR count). The average molecular weight is 289 g/mol. The molecule has 0 aromatic heterocycles. The lowest BCUT2D eigenvalue weighted by atomic mass is 9.97. The van der Waals surface area contributed by atoms with Crippen LogP contribution >= 0.6 is 11.6 Å². The summed E-state index contributed by atoms with van der Waals surface area (Å²) in [5, 5.41) is 10.5. The number of phenolic OH excluding ortho intramolecular Hbond substituents is 1. The zero-order valence-electron chi connectivity index (χ0n) is 11.8. The Balaban J connectivity index is 2.41. The van der Waals surface area contributed by atoms with E-state index in [2.05, 4.69) is 13.8 Å². The SMILES string of the molecule is Cc1cc(Cl)cc(C(=O)c2ccc(C(C)C)cc2)c1O. The van der Waals surface area contributed by atoms with Crippen LogP contribution in [0.5, 0.6) is 5.75 Å². The number of benzene rings is 2. The Morgan fingerprint density at radius 3 is 2.30 bits per heavy atom. The van der Waals surface area contributed by atoms with Gasteiger partial charge in [0.05, 0.1) is 5.56 Å². The van der Waals surface area contributed by atoms with Gasteiger partial charge in [0.1, 0.15) is 5.75 Å². The van der Waals surface area contributed by atoms with Crippen LogP contribution in [0.25, 0.3) is 0 Å². The van der Waals surface area contributed by atoms with Gasteiger partial charge in [0.2, 0.25) is 0 Å². The summed E-state index contributed by atoms with van der Waals surface area (Å²) in [7, 11) is 0. The highest BCUT2D eigenvalue weighted by molar-refractivity contribution is 6.31. The Morgan fingerprint density at radius 2 is 1.75 bits per heavy atom. The summed E-state index contributed by atoms with van der Waals surface area (Å²) >= 11 is 5.96. The van der Waals surface area contributed by atoms with E-state index in [1.165, 1.54) is 11.6 Å². The normalized spacial score (nSPS) is 10.8. The standard InChI is InChI=1S/C17H17ClO2/c1-10(2)12-4-6-13(7-5-12)17(20)15-9-14(18)8-11(3)16(15)19/h4-10,19H,1-3H3. The number of hydrogen-bond acceptors (Lipinski definition) is 2. The van der Waals surface area contributed by atoms with Crippen molar-refractivity contribution in [3.05, 3.63) is 63.7 Å². The number of carbonyl (C=O) groups is 1. The number of carbonyl (C=O) groups excluding carboxylic acids is 1. The van der Waals surface area contributed by atoms with Crippen molar-refractivity contribution in [2.75, 3.05) is 0 Å². The van der Waals surface area contributed by atoms with Crippen molar-refractivity contribution in [2.45, 2.75) is 26.7 Å². The molecule has 0 heterocycles. The molecule has 3 heteroatoms. The van der Waals surface area contributed by atoms with Crippen molar-refractivity contribution in [3.63, 3.8) is 0 Å². The van der Waals surface area contributed by atoms with Crippen LogP contribution in [0.2, 0.25) is 5.02 Å². The molecule has 0 aliphatic carbocycles. The third-order valence-corrected chi connectivity index (χ3v) is 3.57. The van der Waals surface area contributed by atoms with Gasteiger partial charge in [-0.3, -0.25) is 4.79 Å². The molecule has 0 radical (unpaired) electrons. The Morgan fingerprint density at radius 1 is 1.15 bits per heavy atom. The highest BCUT2D eigenvalue weighted by Crippen LogP contribution is 2.28. The zero-order chi connectivity index (χ0) is 14.9. The molecule has 0 unspecified atom stereocenters. The van der Waals surface area contributed by atoms with E-state index in [1.807, 2.05) is 12.1 Å². The fourth-order valence-electron chi connectivity index (χ4n) is 2.08. The molecular formula is C17H17ClO2. The van der Waals surface area contributed by atoms with Crippen molar-refractivity contribution >= 4 is 17.4 Å². The van der Waals surface area contributed by atoms with Crippen molar-refractivity contribution < 1.29 is 9.90 Å². The molecule has 2 nitrogen and oxygen atoms in total. The number of halogens is 1. The van der Waals surface area contributed by atoms with Gasteiger partial charge in [-0.1, -0.05) is 49.7 Å². The van der Waals surface area contributed by atoms with E-state index in [4.69, 9.17) is 11.6 Å². The highest BCUT2D eigenvalue weighted by Gasteiger charge is 2.16. The monoisotopic (exact) mass is 288 g/mol. The van der Waals surface area contributed by atoms with E-state index < -0.39 is 0 Å². The molecule has 0 amide bonds. The van der Waals surface area contributed by atoms with Crippen LogP contribution < -0.4 is 0 Å². The van der Waals surface area contributed by atoms with E-state index in [0.29, 0.717) is 22.1 Å². The lowest BCUT2D eigenvalue weighted by Gasteiger charge is -2.09. The van der Waals surface area contributed by atoms with Crippen LogP contribution in [0, 0.1) is 6.92 Å². The summed E-state index contributed by atoms with van der Waals surface area (Å²) in [5.41, 5.74) is 2.56. The van der Waals surface area contributed by atoms with E-state index in [1.54, 1.807) is 25.1 Å². The summed E-state index contributed by atoms with van der Waals surface area (Å²) in [6, 6.07) is 10.6. The van der Waals surface area contributed by atoms with Gasteiger partial charge in [-0.2, -0.15) is 0 Å². The molecule has 0 atom stereocenters. The van der Waals surface area contributed by atoms with Crippen LogP contribution in [-0.2, 0) is 0 Å². The maximum atomic E-state index is 12.4. The summed E-state index contributed by atoms with van der Waals surface area (Å²) in [4.78, 5) is 12.4. The molecule has 0 spiro atoms. The molecule has 1 N–H and O–H groups in total. The predicted molar refractivity (Wildman–Crippen MR) is 81.8 cm³/mol. The van der Waals surface area contributed by atoms with E-state index in [0.717, 1.165) is 0 Å². The molecule has 0 fully saturated rings. The van der Waals surface area contributed by atoms with Gasteiger partial charge in [0, 0.05) is 10.6 Å². The van der Waals surface area contributed by atoms with Gasteiger partial charge < -0.3 is 5.11 Å². The lowest BCUT2D eigenvalue weighted by molar-refractivity contribution is 0.103. The minimum atomic E-state index is -0.219. The van der Waals surface area contributed by atoms with Crippen LogP contribution in [-0.4, -0.2) is 10.9 Å². The van der Waals surface area contributed by atoms with Gasteiger partial charge in [-0.15, -0.1) is 0 Å². The summed E-state index contributed by atoms with van der Waals surface area (Å²) in [5.74, 6) is 0.191. The molecule has 2 aromatic carbocycles. The molecule has 0 saturated heterocycles. The zero-order valence-corrected chi connectivity index (χ0v) is 12.5. The Bertz CT molecular complexity index is 643. The number of ketones is 1. The summed E-state index contributed by atoms with van der Waals surface area (Å²) in [6.07, 6.45) is 0. The second kappa shape index (κ2) is 5.68. The number of phenols is 1. The molecule has 0 bridgehead atoms. The predicted octanol–water partition coefficient (Wildman–Crippen LogP) is 4.71. The molecule has 20 heavy (non-hydrogen) atoms. The second-order valence-corrected chi connectivity index (χ2v) is 5.66. The van der Waals surface area contributed by atoms with Crippen LogP contribution in [0.3, 0.4) is 0 Å². The van der Waals surface area contributed by atoms with Crippen LogP contribution in [0.15, 0.2) is 36.4 Å². The van der Waals surface area contributed by atoms with Gasteiger partial charge in [0.15, 0.2) is 5.78 Å². The minimum Gasteiger partial charge on any atom is -0.507 e. The molecule has 0 aliphatic rings. The van der Waals surface area contributed by atoms with E-state index >= 15 is 0 Å². The van der Waals surface area contributed by atoms with E-state index in [9.17, 15) is 9.90 Å². The van der Waals surface area contributed by atoms with Crippen LogP contribution in [0.4, 0.5) is 0 Å². The third-order valence-electron chi connectivity index (χ3n) is 3.35. The molecule has 104 valence electrons. The largest absolute Gasteiger partial charge is 0.507 e. The Kier molecular flexibility index (Phi) is 4.15. The molecule has 0 aliphatic heterocycles. The fraction of sp³-hybridized carbons (Fsp3) is 0.235. The molecule has 2 aromatic rings. The first kappa shape index (κ1) is 14.6. The van der Waals surface area contributed by atoms with E-state index in [-0.39, 0.29) is 17.1 Å². The first-order valence-corrected chi connectivity index (χ1v) is 6.91. The number of rotatable bonds is 3. The highest BCUT2D eigenvalue weighted by atomic mass is 35.5. The minimum absolute atomic E-state index is 0.00710. The van der Waals surface area contributed by atoms with Gasteiger partial charge in [-0.25, -0.2) is 0 Å². The lowest BCUT2D eigenvalue weighted by Crippen LogP contribution is -2.03. The maximum absolute atomic E-state index is 12.4. The summed E-state index contributed by atoms with van der Waals surface area (Å²) in [6.45, 7) is 5.92. The van der Waals surface area contributed by atoms with Crippen molar-refractivity contribution in [1.82, 2.24) is 0 Å². The first-order chi connectivity index (χ1) is 9.40. The third kappa shape index (κ3) is 2.86. The van der Waals surface area contributed by atoms with Crippen molar-refractivity contribution in [1.29, 1.82) is 0 Å². The Hall–Kier alpha value is -1.80. The number of aromatic hydroxyl groups is 1. The maximum Gasteiger partial charge on any atom is 0.196 e. The molecular weight excluding hydrogens is 272 g/mol. The first-order valence-electron chi connectivity index (χ1n) is 6.54. The summed E-state index contributed by atoms with van der Waals surface area (Å²) < 4.78 is 0. The average Bonchev–Trinajstić information content (AvgIpc) is 2.42. The second-order valence-electron chi connectivity index (χ2n) is 5.22. The van der Waals surface area contributed by atoms with Gasteiger partial charge >= 0.3 is 0 Å². The quantitative estimate of drug-likeness (QED) is 0.831. The van der Waals surface area contributed by atoms with Gasteiger partial charge in [0.25, 0.3) is 0 Å². The topological polar surface area (TPSA) is 37.3 Å². The van der Waals surface area contributed by atoms with Crippen molar-refractivity contribution in [2.24, 2.45) is 0 Å². The van der Waals surface area contributed by atoms with Gasteiger partial charge in [-0.05, 0) is 36.1 Å². The number of hydrogen-bond donors (Lipinski definition) is 1.